The number of halogens is 1. The molecule has 0 saturated carbocycles. The molecule has 0 aliphatic carbocycles. The van der Waals surface area contributed by atoms with Crippen molar-refractivity contribution in [1.29, 1.82) is 0 Å². The van der Waals surface area contributed by atoms with Crippen molar-refractivity contribution in [2.75, 3.05) is 29.1 Å². The van der Waals surface area contributed by atoms with Gasteiger partial charge in [-0.05, 0) is 24.3 Å². The van der Waals surface area contributed by atoms with E-state index in [9.17, 15) is 9.18 Å². The molecule has 0 saturated heterocycles. The maximum atomic E-state index is 14.9. The molecular formula is C27H27FN6O3. The number of benzene rings is 2. The van der Waals surface area contributed by atoms with Crippen molar-refractivity contribution in [1.82, 2.24) is 14.8 Å². The van der Waals surface area contributed by atoms with Gasteiger partial charge in [-0.3, -0.25) is 5.32 Å². The third-order valence-corrected chi connectivity index (χ3v) is 5.65. The van der Waals surface area contributed by atoms with E-state index in [1.54, 1.807) is 23.0 Å². The second-order valence-electron chi connectivity index (χ2n) is 9.50. The molecule has 0 atom stereocenters. The fourth-order valence-electron chi connectivity index (χ4n) is 3.76. The molecule has 3 N–H and O–H groups in total. The van der Waals surface area contributed by atoms with Crippen molar-refractivity contribution in [3.8, 4) is 22.9 Å². The Hall–Kier alpha value is -4.60. The second kappa shape index (κ2) is 9.81. The molecule has 0 spiro atoms. The van der Waals surface area contributed by atoms with Crippen molar-refractivity contribution < 1.29 is 18.7 Å². The SMILES string of the molecule is CC(C)(C)c1cc(NC(=O)Nc2ccc(Oc3ccnc4c3OCCN4)cc2F)n(-c2ccccc2)n1. The van der Waals surface area contributed by atoms with Crippen LogP contribution in [0.5, 0.6) is 17.2 Å². The van der Waals surface area contributed by atoms with Gasteiger partial charge in [0.05, 0.1) is 23.6 Å². The molecule has 10 heteroatoms. The van der Waals surface area contributed by atoms with Crippen LogP contribution in [0.25, 0.3) is 5.69 Å². The lowest BCUT2D eigenvalue weighted by Crippen LogP contribution is -2.22. The summed E-state index contributed by atoms with van der Waals surface area (Å²) in [5, 5.41) is 13.1. The Kier molecular flexibility index (Phi) is 6.39. The van der Waals surface area contributed by atoms with Crippen LogP contribution in [0.2, 0.25) is 0 Å². The van der Waals surface area contributed by atoms with Crippen LogP contribution in [0, 0.1) is 5.82 Å². The zero-order valence-electron chi connectivity index (χ0n) is 20.7. The number of rotatable bonds is 5. The number of pyridine rings is 1. The first-order valence-corrected chi connectivity index (χ1v) is 11.8. The minimum Gasteiger partial charge on any atom is -0.485 e. The number of anilines is 3. The summed E-state index contributed by atoms with van der Waals surface area (Å²) < 4.78 is 28.0. The summed E-state index contributed by atoms with van der Waals surface area (Å²) in [6.07, 6.45) is 1.58. The van der Waals surface area contributed by atoms with Crippen LogP contribution in [0.4, 0.5) is 26.5 Å². The lowest BCUT2D eigenvalue weighted by atomic mass is 9.92. The predicted octanol–water partition coefficient (Wildman–Crippen LogP) is 5.94. The van der Waals surface area contributed by atoms with Gasteiger partial charge >= 0.3 is 6.03 Å². The summed E-state index contributed by atoms with van der Waals surface area (Å²) in [7, 11) is 0. The van der Waals surface area contributed by atoms with Crippen LogP contribution in [0.3, 0.4) is 0 Å². The average molecular weight is 503 g/mol. The number of nitrogens with zero attached hydrogens (tertiary/aromatic N) is 3. The molecule has 4 aromatic rings. The smallest absolute Gasteiger partial charge is 0.324 e. The van der Waals surface area contributed by atoms with Crippen LogP contribution in [0.1, 0.15) is 26.5 Å². The number of hydrogen-bond donors (Lipinski definition) is 3. The number of nitrogens with one attached hydrogen (secondary N) is 3. The van der Waals surface area contributed by atoms with E-state index in [0.717, 1.165) is 11.4 Å². The molecule has 1 aliphatic rings. The molecule has 0 bridgehead atoms. The number of ether oxygens (including phenoxy) is 2. The highest BCUT2D eigenvalue weighted by Crippen LogP contribution is 2.38. The van der Waals surface area contributed by atoms with E-state index in [-0.39, 0.29) is 16.9 Å². The Labute approximate surface area is 213 Å². The minimum absolute atomic E-state index is 0.00125. The number of urea groups is 1. The number of carbonyl (C=O) groups is 1. The number of para-hydroxylation sites is 1. The summed E-state index contributed by atoms with van der Waals surface area (Å²) in [6.45, 7) is 7.24. The second-order valence-corrected chi connectivity index (χ2v) is 9.50. The monoisotopic (exact) mass is 502 g/mol. The van der Waals surface area contributed by atoms with Crippen molar-refractivity contribution >= 4 is 23.4 Å². The van der Waals surface area contributed by atoms with Crippen molar-refractivity contribution in [3.05, 3.63) is 78.4 Å². The van der Waals surface area contributed by atoms with Gasteiger partial charge in [0.15, 0.2) is 11.6 Å². The molecule has 5 rings (SSSR count). The van der Waals surface area contributed by atoms with Gasteiger partial charge in [0.2, 0.25) is 5.75 Å². The fraction of sp³-hybridized carbons (Fsp3) is 0.222. The molecule has 1 aliphatic heterocycles. The molecule has 2 amide bonds. The molecule has 0 fully saturated rings. The van der Waals surface area contributed by atoms with Gasteiger partial charge in [-0.15, -0.1) is 0 Å². The van der Waals surface area contributed by atoms with Gasteiger partial charge in [0.1, 0.15) is 24.0 Å². The van der Waals surface area contributed by atoms with E-state index < -0.39 is 11.8 Å². The third kappa shape index (κ3) is 5.32. The first kappa shape index (κ1) is 24.1. The van der Waals surface area contributed by atoms with Gasteiger partial charge in [-0.25, -0.2) is 18.9 Å². The van der Waals surface area contributed by atoms with E-state index in [1.165, 1.54) is 12.1 Å². The van der Waals surface area contributed by atoms with Gasteiger partial charge in [0.25, 0.3) is 0 Å². The molecule has 9 nitrogen and oxygen atoms in total. The van der Waals surface area contributed by atoms with E-state index in [2.05, 4.69) is 26.0 Å². The van der Waals surface area contributed by atoms with E-state index >= 15 is 0 Å². The third-order valence-electron chi connectivity index (χ3n) is 5.65. The number of fused-ring (bicyclic) bond motifs is 1. The van der Waals surface area contributed by atoms with Gasteiger partial charge in [-0.1, -0.05) is 39.0 Å². The summed E-state index contributed by atoms with van der Waals surface area (Å²) in [5.74, 6) is 1.53. The van der Waals surface area contributed by atoms with Gasteiger partial charge < -0.3 is 20.1 Å². The van der Waals surface area contributed by atoms with E-state index in [1.807, 2.05) is 57.2 Å². The molecular weight excluding hydrogens is 475 g/mol. The minimum atomic E-state index is -0.651. The first-order chi connectivity index (χ1) is 17.8. The number of aromatic nitrogens is 3. The number of amides is 2. The van der Waals surface area contributed by atoms with Gasteiger partial charge in [0, 0.05) is 29.8 Å². The first-order valence-electron chi connectivity index (χ1n) is 11.8. The quantitative estimate of drug-likeness (QED) is 0.312. The van der Waals surface area contributed by atoms with Crippen molar-refractivity contribution in [2.24, 2.45) is 0 Å². The topological polar surface area (TPSA) is 102 Å². The Morgan fingerprint density at radius 3 is 2.68 bits per heavy atom. The summed E-state index contributed by atoms with van der Waals surface area (Å²) in [5.41, 5.74) is 1.36. The largest absolute Gasteiger partial charge is 0.485 e. The molecule has 3 heterocycles. The highest BCUT2D eigenvalue weighted by atomic mass is 19.1. The zero-order valence-corrected chi connectivity index (χ0v) is 20.7. The molecule has 37 heavy (non-hydrogen) atoms. The average Bonchev–Trinajstić information content (AvgIpc) is 3.31. The lowest BCUT2D eigenvalue weighted by Gasteiger charge is -2.20. The summed E-state index contributed by atoms with van der Waals surface area (Å²) in [4.78, 5) is 17.0. The highest BCUT2D eigenvalue weighted by Gasteiger charge is 2.22. The van der Waals surface area contributed by atoms with Crippen molar-refractivity contribution in [2.45, 2.75) is 26.2 Å². The number of hydrogen-bond acceptors (Lipinski definition) is 6. The normalized spacial score (nSPS) is 12.6. The Balaban J connectivity index is 1.32. The highest BCUT2D eigenvalue weighted by molar-refractivity contribution is 5.99. The Bertz CT molecular complexity index is 1430. The Morgan fingerprint density at radius 1 is 1.11 bits per heavy atom. The zero-order chi connectivity index (χ0) is 26.0. The lowest BCUT2D eigenvalue weighted by molar-refractivity contribution is 0.262. The summed E-state index contributed by atoms with van der Waals surface area (Å²) >= 11 is 0. The summed E-state index contributed by atoms with van der Waals surface area (Å²) in [6, 6.07) is 16.5. The number of carbonyl (C=O) groups excluding carboxylic acids is 1. The fourth-order valence-corrected chi connectivity index (χ4v) is 3.76. The maximum absolute atomic E-state index is 14.9. The van der Waals surface area contributed by atoms with Crippen molar-refractivity contribution in [3.63, 3.8) is 0 Å². The van der Waals surface area contributed by atoms with Crippen LogP contribution >= 0.6 is 0 Å². The van der Waals surface area contributed by atoms with E-state index in [4.69, 9.17) is 9.47 Å². The maximum Gasteiger partial charge on any atom is 0.324 e. The molecule has 190 valence electrons. The molecule has 0 unspecified atom stereocenters. The molecule has 2 aromatic heterocycles. The molecule has 2 aromatic carbocycles. The predicted molar refractivity (Wildman–Crippen MR) is 140 cm³/mol. The molecule has 0 radical (unpaired) electrons. The van der Waals surface area contributed by atoms with Crippen LogP contribution in [-0.2, 0) is 5.41 Å². The van der Waals surface area contributed by atoms with E-state index in [0.29, 0.717) is 36.3 Å². The standard InChI is InChI=1S/C27H27FN6O3/c1-27(2,3)22-16-23(34(33-22)17-7-5-4-6-8-17)32-26(35)31-20-10-9-18(15-19(20)28)37-21-11-12-29-25-24(21)36-14-13-30-25/h4-12,15-16H,13-14H2,1-3H3,(H,29,30)(H2,31,32,35). The van der Waals surface area contributed by atoms with Crippen LogP contribution < -0.4 is 25.4 Å². The van der Waals surface area contributed by atoms with Gasteiger partial charge in [-0.2, -0.15) is 5.10 Å². The van der Waals surface area contributed by atoms with Crippen LogP contribution in [-0.4, -0.2) is 33.9 Å². The Morgan fingerprint density at radius 2 is 1.92 bits per heavy atom. The van der Waals surface area contributed by atoms with Crippen LogP contribution in [0.15, 0.2) is 66.9 Å².